The first kappa shape index (κ1) is 14.9. The van der Waals surface area contributed by atoms with Crippen LogP contribution in [0.25, 0.3) is 0 Å². The van der Waals surface area contributed by atoms with Crippen molar-refractivity contribution in [3.63, 3.8) is 0 Å². The number of ether oxygens (including phenoxy) is 2. The summed E-state index contributed by atoms with van der Waals surface area (Å²) < 4.78 is 10.8. The molecule has 2 rings (SSSR count). The molecule has 110 valence electrons. The fourth-order valence-corrected chi connectivity index (χ4v) is 2.14. The Balaban J connectivity index is 1.99. The summed E-state index contributed by atoms with van der Waals surface area (Å²) in [6.45, 7) is 0.312. The second-order valence-corrected chi connectivity index (χ2v) is 4.59. The van der Waals surface area contributed by atoms with E-state index in [9.17, 15) is 9.90 Å². The summed E-state index contributed by atoms with van der Waals surface area (Å²) in [5.74, 6) is -0.146. The smallest absolute Gasteiger partial charge is 0.311 e. The third kappa shape index (κ3) is 3.99. The molecule has 0 saturated heterocycles. The van der Waals surface area contributed by atoms with E-state index in [4.69, 9.17) is 9.47 Å². The van der Waals surface area contributed by atoms with Gasteiger partial charge in [-0.3, -0.25) is 4.79 Å². The van der Waals surface area contributed by atoms with E-state index in [-0.39, 0.29) is 0 Å². The molecule has 1 atom stereocenters. The van der Waals surface area contributed by atoms with E-state index in [1.807, 2.05) is 42.5 Å². The largest absolute Gasteiger partial charge is 0.493 e. The van der Waals surface area contributed by atoms with Gasteiger partial charge in [-0.25, -0.2) is 0 Å². The van der Waals surface area contributed by atoms with Gasteiger partial charge in [0.25, 0.3) is 0 Å². The lowest BCUT2D eigenvalue weighted by molar-refractivity contribution is -0.139. The molecule has 0 heterocycles. The van der Waals surface area contributed by atoms with Gasteiger partial charge in [-0.1, -0.05) is 42.5 Å². The number of para-hydroxylation sites is 2. The highest BCUT2D eigenvalue weighted by Crippen LogP contribution is 2.27. The fraction of sp³-hybridized carbons (Fsp3) is 0.235. The van der Waals surface area contributed by atoms with Gasteiger partial charge in [0, 0.05) is 0 Å². The van der Waals surface area contributed by atoms with Gasteiger partial charge in [0.2, 0.25) is 0 Å². The number of methoxy groups -OCH3 is 1. The monoisotopic (exact) mass is 286 g/mol. The van der Waals surface area contributed by atoms with Crippen LogP contribution in [0.1, 0.15) is 17.9 Å². The normalized spacial score (nSPS) is 11.7. The third-order valence-electron chi connectivity index (χ3n) is 3.23. The van der Waals surface area contributed by atoms with Gasteiger partial charge in [-0.15, -0.1) is 0 Å². The van der Waals surface area contributed by atoms with E-state index in [1.165, 1.54) is 0 Å². The van der Waals surface area contributed by atoms with Gasteiger partial charge in [0.05, 0.1) is 19.6 Å². The molecule has 21 heavy (non-hydrogen) atoms. The maximum absolute atomic E-state index is 11.4. The highest BCUT2D eigenvalue weighted by atomic mass is 16.5. The zero-order valence-corrected chi connectivity index (χ0v) is 11.9. The number of hydrogen-bond donors (Lipinski definition) is 1. The quantitative estimate of drug-likeness (QED) is 0.848. The van der Waals surface area contributed by atoms with Crippen LogP contribution in [-0.2, 0) is 4.79 Å². The Hall–Kier alpha value is -2.49. The molecule has 0 bridgehead atoms. The van der Waals surface area contributed by atoms with E-state index in [0.717, 1.165) is 5.56 Å². The van der Waals surface area contributed by atoms with Crippen LogP contribution < -0.4 is 9.47 Å². The molecule has 1 N–H and O–H groups in total. The van der Waals surface area contributed by atoms with E-state index in [1.54, 1.807) is 19.2 Å². The maximum atomic E-state index is 11.4. The van der Waals surface area contributed by atoms with Crippen molar-refractivity contribution in [1.82, 2.24) is 0 Å². The molecule has 2 aromatic rings. The molecule has 1 unspecified atom stereocenters. The number of rotatable bonds is 7. The number of carboxylic acids is 1. The van der Waals surface area contributed by atoms with Gasteiger partial charge < -0.3 is 14.6 Å². The predicted octanol–water partition coefficient (Wildman–Crippen LogP) is 3.33. The molecular formula is C17H18O4. The molecule has 0 aliphatic heterocycles. The highest BCUT2D eigenvalue weighted by Gasteiger charge is 2.19. The van der Waals surface area contributed by atoms with Crippen molar-refractivity contribution in [2.45, 2.75) is 12.3 Å². The van der Waals surface area contributed by atoms with Gasteiger partial charge in [0.15, 0.2) is 11.5 Å². The summed E-state index contributed by atoms with van der Waals surface area (Å²) in [6, 6.07) is 16.5. The van der Waals surface area contributed by atoms with Crippen LogP contribution in [0.15, 0.2) is 54.6 Å². The van der Waals surface area contributed by atoms with E-state index < -0.39 is 11.9 Å². The second kappa shape index (κ2) is 7.33. The first-order valence-electron chi connectivity index (χ1n) is 6.76. The van der Waals surface area contributed by atoms with Crippen molar-refractivity contribution in [3.8, 4) is 11.5 Å². The minimum Gasteiger partial charge on any atom is -0.493 e. The number of aliphatic carboxylic acids is 1. The number of hydrogen-bond acceptors (Lipinski definition) is 3. The molecule has 0 radical (unpaired) electrons. The van der Waals surface area contributed by atoms with Crippen LogP contribution >= 0.6 is 0 Å². The minimum atomic E-state index is -0.843. The van der Waals surface area contributed by atoms with Crippen molar-refractivity contribution in [2.24, 2.45) is 0 Å². The van der Waals surface area contributed by atoms with E-state index in [2.05, 4.69) is 0 Å². The molecule has 0 amide bonds. The molecule has 0 aliphatic carbocycles. The summed E-state index contributed by atoms with van der Waals surface area (Å²) in [5, 5.41) is 9.34. The lowest BCUT2D eigenvalue weighted by Gasteiger charge is -2.14. The summed E-state index contributed by atoms with van der Waals surface area (Å²) >= 11 is 0. The summed E-state index contributed by atoms with van der Waals surface area (Å²) in [5.41, 5.74) is 0.786. The zero-order chi connectivity index (χ0) is 15.1. The van der Waals surface area contributed by atoms with E-state index in [0.29, 0.717) is 24.5 Å². The van der Waals surface area contributed by atoms with Gasteiger partial charge >= 0.3 is 5.97 Å². The van der Waals surface area contributed by atoms with Gasteiger partial charge in [-0.2, -0.15) is 0 Å². The standard InChI is InChI=1S/C17H18O4/c1-20-15-9-5-6-10-16(15)21-12-11-14(17(18)19)13-7-3-2-4-8-13/h2-10,14H,11-12H2,1H3,(H,18,19). The first-order valence-corrected chi connectivity index (χ1v) is 6.76. The highest BCUT2D eigenvalue weighted by molar-refractivity contribution is 5.76. The molecule has 4 nitrogen and oxygen atoms in total. The average Bonchev–Trinajstić information content (AvgIpc) is 2.52. The third-order valence-corrected chi connectivity index (χ3v) is 3.23. The molecule has 0 aromatic heterocycles. The van der Waals surface area contributed by atoms with Crippen LogP contribution in [0.3, 0.4) is 0 Å². The Morgan fingerprint density at radius 2 is 1.67 bits per heavy atom. The molecule has 0 saturated carbocycles. The Labute approximate surface area is 123 Å². The second-order valence-electron chi connectivity index (χ2n) is 4.59. The van der Waals surface area contributed by atoms with E-state index >= 15 is 0 Å². The van der Waals surface area contributed by atoms with Crippen LogP contribution in [0, 0.1) is 0 Å². The minimum absolute atomic E-state index is 0.312. The van der Waals surface area contributed by atoms with Gasteiger partial charge in [0.1, 0.15) is 0 Å². The average molecular weight is 286 g/mol. The topological polar surface area (TPSA) is 55.8 Å². The molecule has 2 aromatic carbocycles. The fourth-order valence-electron chi connectivity index (χ4n) is 2.14. The SMILES string of the molecule is COc1ccccc1OCCC(C(=O)O)c1ccccc1. The van der Waals surface area contributed by atoms with Crippen molar-refractivity contribution in [3.05, 3.63) is 60.2 Å². The number of carbonyl (C=O) groups is 1. The summed E-state index contributed by atoms with van der Waals surface area (Å²) in [6.07, 6.45) is 0.400. The zero-order valence-electron chi connectivity index (χ0n) is 11.9. The molecular weight excluding hydrogens is 268 g/mol. The van der Waals surface area contributed by atoms with Crippen LogP contribution in [0.5, 0.6) is 11.5 Å². The molecule has 0 spiro atoms. The summed E-state index contributed by atoms with van der Waals surface area (Å²) in [4.78, 5) is 11.4. The maximum Gasteiger partial charge on any atom is 0.311 e. The predicted molar refractivity (Wildman–Crippen MR) is 79.9 cm³/mol. The van der Waals surface area contributed by atoms with Crippen molar-refractivity contribution in [2.75, 3.05) is 13.7 Å². The molecule has 4 heteroatoms. The Bertz CT molecular complexity index is 580. The van der Waals surface area contributed by atoms with Crippen LogP contribution in [-0.4, -0.2) is 24.8 Å². The molecule has 0 fully saturated rings. The van der Waals surface area contributed by atoms with Crippen molar-refractivity contribution < 1.29 is 19.4 Å². The Morgan fingerprint density at radius 3 is 2.29 bits per heavy atom. The van der Waals surface area contributed by atoms with Crippen LogP contribution in [0.2, 0.25) is 0 Å². The number of benzene rings is 2. The Kier molecular flexibility index (Phi) is 5.21. The summed E-state index contributed by atoms with van der Waals surface area (Å²) in [7, 11) is 1.58. The first-order chi connectivity index (χ1) is 10.2. The van der Waals surface area contributed by atoms with Gasteiger partial charge in [-0.05, 0) is 24.1 Å². The van der Waals surface area contributed by atoms with Crippen molar-refractivity contribution in [1.29, 1.82) is 0 Å². The number of carboxylic acid groups (broad SMARTS) is 1. The lowest BCUT2D eigenvalue weighted by atomic mass is 9.96. The Morgan fingerprint density at radius 1 is 1.05 bits per heavy atom. The van der Waals surface area contributed by atoms with Crippen LogP contribution in [0.4, 0.5) is 0 Å². The van der Waals surface area contributed by atoms with Crippen molar-refractivity contribution >= 4 is 5.97 Å². The lowest BCUT2D eigenvalue weighted by Crippen LogP contribution is -2.15. The molecule has 0 aliphatic rings.